The van der Waals surface area contributed by atoms with Crippen molar-refractivity contribution in [3.8, 4) is 0 Å². The highest BCUT2D eigenvalue weighted by atomic mass is 35.5. The summed E-state index contributed by atoms with van der Waals surface area (Å²) in [4.78, 5) is 28.8. The fraction of sp³-hybridized carbons (Fsp3) is 0.417. The molecule has 34 heavy (non-hydrogen) atoms. The number of rotatable bonds is 7. The number of nitrogens with one attached hydrogen (secondary N) is 2. The molecule has 2 amide bonds. The summed E-state index contributed by atoms with van der Waals surface area (Å²) in [6, 6.07) is 10.9. The first-order valence-corrected chi connectivity index (χ1v) is 11.4. The predicted octanol–water partition coefficient (Wildman–Crippen LogP) is 3.93. The molecule has 1 heterocycles. The van der Waals surface area contributed by atoms with Gasteiger partial charge in [0.25, 0.3) is 0 Å². The molecule has 10 heteroatoms. The third-order valence-electron chi connectivity index (χ3n) is 5.84. The van der Waals surface area contributed by atoms with Crippen LogP contribution in [0.1, 0.15) is 23.6 Å². The predicted molar refractivity (Wildman–Crippen MR) is 126 cm³/mol. The summed E-state index contributed by atoms with van der Waals surface area (Å²) < 4.78 is 39.0. The van der Waals surface area contributed by atoms with Crippen molar-refractivity contribution >= 4 is 29.1 Å². The van der Waals surface area contributed by atoms with Gasteiger partial charge < -0.3 is 10.6 Å². The molecule has 0 aromatic heterocycles. The number of halogens is 4. The van der Waals surface area contributed by atoms with E-state index >= 15 is 0 Å². The second kappa shape index (κ2) is 11.2. The molecular formula is C24H28ClF3N4O2. The number of hydrogen-bond donors (Lipinski definition) is 2. The largest absolute Gasteiger partial charge is 0.417 e. The van der Waals surface area contributed by atoms with Crippen LogP contribution in [-0.2, 0) is 22.3 Å². The Hall–Kier alpha value is -2.62. The van der Waals surface area contributed by atoms with E-state index in [0.29, 0.717) is 32.7 Å². The van der Waals surface area contributed by atoms with E-state index in [2.05, 4.69) is 10.6 Å². The molecule has 1 unspecified atom stereocenters. The molecule has 6 nitrogen and oxygen atoms in total. The number of nitrogens with zero attached hydrogens (tertiary/aromatic N) is 2. The fourth-order valence-electron chi connectivity index (χ4n) is 3.74. The Bertz CT molecular complexity index is 1010. The second-order valence-corrected chi connectivity index (χ2v) is 8.84. The van der Waals surface area contributed by atoms with Crippen molar-refractivity contribution in [1.82, 2.24) is 15.1 Å². The van der Waals surface area contributed by atoms with E-state index in [1.165, 1.54) is 6.07 Å². The molecule has 0 radical (unpaired) electrons. The van der Waals surface area contributed by atoms with Gasteiger partial charge in [-0.2, -0.15) is 13.2 Å². The van der Waals surface area contributed by atoms with E-state index in [9.17, 15) is 22.8 Å². The van der Waals surface area contributed by atoms with Gasteiger partial charge in [0, 0.05) is 38.4 Å². The molecule has 0 spiro atoms. The summed E-state index contributed by atoms with van der Waals surface area (Å²) >= 11 is 5.62. The molecule has 3 rings (SSSR count). The Kier molecular flexibility index (Phi) is 8.57. The maximum Gasteiger partial charge on any atom is 0.417 e. The highest BCUT2D eigenvalue weighted by Crippen LogP contribution is 2.36. The lowest BCUT2D eigenvalue weighted by molar-refractivity contribution is -0.137. The quantitative estimate of drug-likeness (QED) is 0.609. The van der Waals surface area contributed by atoms with Gasteiger partial charge in [-0.25, -0.2) is 0 Å². The van der Waals surface area contributed by atoms with E-state index in [4.69, 9.17) is 11.6 Å². The topological polar surface area (TPSA) is 64.7 Å². The Morgan fingerprint density at radius 2 is 1.71 bits per heavy atom. The number of piperazine rings is 1. The zero-order valence-electron chi connectivity index (χ0n) is 19.1. The van der Waals surface area contributed by atoms with Gasteiger partial charge in [0.2, 0.25) is 11.8 Å². The summed E-state index contributed by atoms with van der Waals surface area (Å²) in [5, 5.41) is 5.04. The first kappa shape index (κ1) is 26.0. The SMILES string of the molecule is Cc1ccc(CNC(=O)C(C)N2CCN(CC(=O)Nc3ccc(Cl)c(C(F)(F)F)c3)CC2)cc1. The van der Waals surface area contributed by atoms with Crippen LogP contribution in [0.2, 0.25) is 5.02 Å². The van der Waals surface area contributed by atoms with Crippen LogP contribution < -0.4 is 10.6 Å². The lowest BCUT2D eigenvalue weighted by Crippen LogP contribution is -2.54. The van der Waals surface area contributed by atoms with Crippen molar-refractivity contribution in [2.24, 2.45) is 0 Å². The average molecular weight is 497 g/mol. The molecule has 0 saturated carbocycles. The molecule has 2 N–H and O–H groups in total. The summed E-state index contributed by atoms with van der Waals surface area (Å²) in [6.45, 7) is 6.71. The minimum absolute atomic E-state index is 0.0410. The number of anilines is 1. The summed E-state index contributed by atoms with van der Waals surface area (Å²) in [5.74, 6) is -0.470. The molecule has 0 bridgehead atoms. The molecule has 1 aliphatic rings. The van der Waals surface area contributed by atoms with Crippen LogP contribution in [0.4, 0.5) is 18.9 Å². The Balaban J connectivity index is 1.44. The lowest BCUT2D eigenvalue weighted by atomic mass is 10.1. The first-order chi connectivity index (χ1) is 16.0. The number of amides is 2. The van der Waals surface area contributed by atoms with Crippen molar-refractivity contribution < 1.29 is 22.8 Å². The molecule has 2 aromatic carbocycles. The van der Waals surface area contributed by atoms with Crippen molar-refractivity contribution in [2.75, 3.05) is 38.0 Å². The van der Waals surface area contributed by atoms with Crippen LogP contribution >= 0.6 is 11.6 Å². The van der Waals surface area contributed by atoms with Gasteiger partial charge in [-0.15, -0.1) is 0 Å². The van der Waals surface area contributed by atoms with Crippen LogP contribution in [0.3, 0.4) is 0 Å². The minimum atomic E-state index is -4.60. The van der Waals surface area contributed by atoms with E-state index in [1.807, 2.05) is 47.9 Å². The van der Waals surface area contributed by atoms with Gasteiger partial charge in [0.15, 0.2) is 0 Å². The van der Waals surface area contributed by atoms with E-state index in [1.54, 1.807) is 0 Å². The highest BCUT2D eigenvalue weighted by molar-refractivity contribution is 6.31. The molecule has 2 aromatic rings. The Morgan fingerprint density at radius 1 is 1.06 bits per heavy atom. The molecule has 1 aliphatic heterocycles. The average Bonchev–Trinajstić information content (AvgIpc) is 2.79. The van der Waals surface area contributed by atoms with Gasteiger partial charge in [0.1, 0.15) is 0 Å². The van der Waals surface area contributed by atoms with E-state index in [-0.39, 0.29) is 24.2 Å². The van der Waals surface area contributed by atoms with Crippen molar-refractivity contribution in [3.05, 3.63) is 64.2 Å². The van der Waals surface area contributed by atoms with Gasteiger partial charge in [-0.1, -0.05) is 41.4 Å². The van der Waals surface area contributed by atoms with Crippen LogP contribution in [0.15, 0.2) is 42.5 Å². The van der Waals surface area contributed by atoms with Gasteiger partial charge in [-0.3, -0.25) is 19.4 Å². The highest BCUT2D eigenvalue weighted by Gasteiger charge is 2.33. The standard InChI is InChI=1S/C24H28ClF3N4O2/c1-16-3-5-18(6-4-16)14-29-23(34)17(2)32-11-9-31(10-12-32)15-22(33)30-19-7-8-21(25)20(13-19)24(26,27)28/h3-8,13,17H,9-12,14-15H2,1-2H3,(H,29,34)(H,30,33). The zero-order valence-corrected chi connectivity index (χ0v) is 19.8. The van der Waals surface area contributed by atoms with Gasteiger partial charge in [-0.05, 0) is 37.6 Å². The number of aryl methyl sites for hydroxylation is 1. The second-order valence-electron chi connectivity index (χ2n) is 8.43. The number of alkyl halides is 3. The van der Waals surface area contributed by atoms with E-state index < -0.39 is 22.7 Å². The monoisotopic (exact) mass is 496 g/mol. The van der Waals surface area contributed by atoms with Crippen LogP contribution in [0, 0.1) is 6.92 Å². The molecule has 1 fully saturated rings. The number of hydrogen-bond acceptors (Lipinski definition) is 4. The summed E-state index contributed by atoms with van der Waals surface area (Å²) in [7, 11) is 0. The van der Waals surface area contributed by atoms with E-state index in [0.717, 1.165) is 23.3 Å². The zero-order chi connectivity index (χ0) is 24.9. The fourth-order valence-corrected chi connectivity index (χ4v) is 3.97. The van der Waals surface area contributed by atoms with Crippen molar-refractivity contribution in [2.45, 2.75) is 32.6 Å². The molecule has 184 valence electrons. The normalized spacial score (nSPS) is 16.2. The van der Waals surface area contributed by atoms with Crippen molar-refractivity contribution in [1.29, 1.82) is 0 Å². The number of carbonyl (C=O) groups is 2. The Labute approximate surface area is 202 Å². The molecule has 1 atom stereocenters. The minimum Gasteiger partial charge on any atom is -0.351 e. The third-order valence-corrected chi connectivity index (χ3v) is 6.17. The first-order valence-electron chi connectivity index (χ1n) is 11.0. The Morgan fingerprint density at radius 3 is 2.32 bits per heavy atom. The van der Waals surface area contributed by atoms with Crippen molar-refractivity contribution in [3.63, 3.8) is 0 Å². The molecule has 1 saturated heterocycles. The summed E-state index contributed by atoms with van der Waals surface area (Å²) in [5.41, 5.74) is 1.24. The molecular weight excluding hydrogens is 469 g/mol. The molecule has 0 aliphatic carbocycles. The maximum atomic E-state index is 13.0. The lowest BCUT2D eigenvalue weighted by Gasteiger charge is -2.37. The van der Waals surface area contributed by atoms with Crippen LogP contribution in [-0.4, -0.2) is 60.4 Å². The van der Waals surface area contributed by atoms with Crippen LogP contribution in [0.5, 0.6) is 0 Å². The van der Waals surface area contributed by atoms with Gasteiger partial charge >= 0.3 is 6.18 Å². The smallest absolute Gasteiger partial charge is 0.351 e. The maximum absolute atomic E-state index is 13.0. The van der Waals surface area contributed by atoms with Gasteiger partial charge in [0.05, 0.1) is 23.2 Å². The number of carbonyl (C=O) groups excluding carboxylic acids is 2. The van der Waals surface area contributed by atoms with Crippen LogP contribution in [0.25, 0.3) is 0 Å². The number of benzene rings is 2. The third kappa shape index (κ3) is 7.19. The summed E-state index contributed by atoms with van der Waals surface area (Å²) in [6.07, 6.45) is -4.60.